The van der Waals surface area contributed by atoms with Gasteiger partial charge in [-0.1, -0.05) is 47.7 Å². The summed E-state index contributed by atoms with van der Waals surface area (Å²) in [6, 6.07) is 21.9. The second kappa shape index (κ2) is 11.3. The lowest BCUT2D eigenvalue weighted by atomic mass is 10.1. The number of anilines is 1. The Hall–Kier alpha value is -4.24. The Labute approximate surface area is 206 Å². The van der Waals surface area contributed by atoms with Gasteiger partial charge in [0.25, 0.3) is 11.8 Å². The molecule has 178 valence electrons. The van der Waals surface area contributed by atoms with E-state index in [0.717, 1.165) is 28.2 Å². The maximum absolute atomic E-state index is 12.7. The number of aryl methyl sites for hydroxylation is 1. The predicted molar refractivity (Wildman–Crippen MR) is 134 cm³/mol. The van der Waals surface area contributed by atoms with Gasteiger partial charge in [0.2, 0.25) is 5.01 Å². The molecule has 0 aliphatic heterocycles. The van der Waals surface area contributed by atoms with Crippen LogP contribution in [0.4, 0.5) is 5.69 Å². The highest BCUT2D eigenvalue weighted by atomic mass is 32.1. The molecule has 0 radical (unpaired) electrons. The van der Waals surface area contributed by atoms with E-state index in [1.165, 1.54) is 0 Å². The van der Waals surface area contributed by atoms with Crippen molar-refractivity contribution in [3.05, 3.63) is 99.5 Å². The zero-order valence-corrected chi connectivity index (χ0v) is 20.1. The first-order chi connectivity index (χ1) is 17.0. The van der Waals surface area contributed by atoms with E-state index < -0.39 is 5.91 Å². The van der Waals surface area contributed by atoms with Gasteiger partial charge in [-0.25, -0.2) is 0 Å². The highest BCUT2D eigenvalue weighted by Gasteiger charge is 2.15. The first kappa shape index (κ1) is 23.9. The summed E-state index contributed by atoms with van der Waals surface area (Å²) in [5.74, 6) is 0.760. The molecule has 0 unspecified atom stereocenters. The van der Waals surface area contributed by atoms with Crippen molar-refractivity contribution in [2.45, 2.75) is 20.1 Å². The third kappa shape index (κ3) is 6.42. The second-order valence-electron chi connectivity index (χ2n) is 7.64. The summed E-state index contributed by atoms with van der Waals surface area (Å²) < 4.78 is 11.0. The molecular formula is C26H24N4O4S. The van der Waals surface area contributed by atoms with E-state index in [9.17, 15) is 9.59 Å². The molecule has 0 aliphatic rings. The molecule has 2 N–H and O–H groups in total. The van der Waals surface area contributed by atoms with Gasteiger partial charge in [0, 0.05) is 23.4 Å². The Morgan fingerprint density at radius 2 is 1.77 bits per heavy atom. The quantitative estimate of drug-likeness (QED) is 0.357. The molecule has 0 fully saturated rings. The number of ether oxygens (including phenoxy) is 2. The molecule has 35 heavy (non-hydrogen) atoms. The molecule has 0 saturated heterocycles. The summed E-state index contributed by atoms with van der Waals surface area (Å²) in [6.45, 7) is 2.52. The van der Waals surface area contributed by atoms with Crippen molar-refractivity contribution in [2.24, 2.45) is 0 Å². The minimum absolute atomic E-state index is 0.207. The number of hydrogen-bond donors (Lipinski definition) is 2. The number of carbonyl (C=O) groups excluding carboxylic acids is 2. The van der Waals surface area contributed by atoms with E-state index in [0.29, 0.717) is 28.6 Å². The standard InChI is InChI=1S/C26H24N4O4S/c1-17-7-5-11-21(13-17)34-16-23-29-30-26(35-23)25(32)28-20-10-6-9-18(14-20)24(31)27-15-19-8-3-4-12-22(19)33-2/h3-14H,15-16H2,1-2H3,(H,27,31)(H,28,32). The van der Waals surface area contributed by atoms with Crippen LogP contribution >= 0.6 is 11.3 Å². The maximum Gasteiger partial charge on any atom is 0.286 e. The predicted octanol–water partition coefficient (Wildman–Crippen LogP) is 4.62. The number of nitrogens with zero attached hydrogens (tertiary/aromatic N) is 2. The highest BCUT2D eigenvalue weighted by Crippen LogP contribution is 2.19. The summed E-state index contributed by atoms with van der Waals surface area (Å²) >= 11 is 1.15. The van der Waals surface area contributed by atoms with Crippen LogP contribution in [0.25, 0.3) is 0 Å². The zero-order valence-electron chi connectivity index (χ0n) is 19.3. The lowest BCUT2D eigenvalue weighted by Crippen LogP contribution is -2.23. The van der Waals surface area contributed by atoms with Gasteiger partial charge >= 0.3 is 0 Å². The highest BCUT2D eigenvalue weighted by molar-refractivity contribution is 7.13. The minimum atomic E-state index is -0.407. The molecule has 0 aliphatic carbocycles. The van der Waals surface area contributed by atoms with Crippen molar-refractivity contribution in [1.29, 1.82) is 0 Å². The number of amides is 2. The number of nitrogens with one attached hydrogen (secondary N) is 2. The average Bonchev–Trinajstić information content (AvgIpc) is 3.36. The van der Waals surface area contributed by atoms with Gasteiger partial charge in [0.15, 0.2) is 5.01 Å². The van der Waals surface area contributed by atoms with Crippen molar-refractivity contribution in [3.8, 4) is 11.5 Å². The van der Waals surface area contributed by atoms with E-state index in [2.05, 4.69) is 20.8 Å². The van der Waals surface area contributed by atoms with E-state index in [1.807, 2.05) is 55.5 Å². The van der Waals surface area contributed by atoms with Crippen LogP contribution in [0, 0.1) is 6.92 Å². The number of aromatic nitrogens is 2. The SMILES string of the molecule is COc1ccccc1CNC(=O)c1cccc(NC(=O)c2nnc(COc3cccc(C)c3)s2)c1. The van der Waals surface area contributed by atoms with Gasteiger partial charge in [-0.2, -0.15) is 0 Å². The summed E-state index contributed by atoms with van der Waals surface area (Å²) in [5, 5.41) is 14.4. The van der Waals surface area contributed by atoms with Crippen LogP contribution < -0.4 is 20.1 Å². The molecule has 3 aromatic carbocycles. The first-order valence-electron chi connectivity index (χ1n) is 10.8. The van der Waals surface area contributed by atoms with Crippen molar-refractivity contribution >= 4 is 28.8 Å². The van der Waals surface area contributed by atoms with Crippen LogP contribution in [0.1, 0.15) is 36.3 Å². The first-order valence-corrected chi connectivity index (χ1v) is 11.7. The van der Waals surface area contributed by atoms with Crippen molar-refractivity contribution < 1.29 is 19.1 Å². The fourth-order valence-electron chi connectivity index (χ4n) is 3.30. The fourth-order valence-corrected chi connectivity index (χ4v) is 3.95. The van der Waals surface area contributed by atoms with Crippen LogP contribution in [-0.4, -0.2) is 29.1 Å². The maximum atomic E-state index is 12.7. The van der Waals surface area contributed by atoms with Crippen LogP contribution in [-0.2, 0) is 13.2 Å². The Balaban J connectivity index is 1.34. The van der Waals surface area contributed by atoms with E-state index in [4.69, 9.17) is 9.47 Å². The van der Waals surface area contributed by atoms with Gasteiger partial charge in [-0.15, -0.1) is 10.2 Å². The van der Waals surface area contributed by atoms with Crippen LogP contribution in [0.15, 0.2) is 72.8 Å². The summed E-state index contributed by atoms with van der Waals surface area (Å²) in [5.41, 5.74) is 2.86. The summed E-state index contributed by atoms with van der Waals surface area (Å²) in [7, 11) is 1.59. The largest absolute Gasteiger partial charge is 0.496 e. The third-order valence-electron chi connectivity index (χ3n) is 5.03. The van der Waals surface area contributed by atoms with Crippen molar-refractivity contribution in [1.82, 2.24) is 15.5 Å². The molecule has 1 heterocycles. The van der Waals surface area contributed by atoms with Gasteiger partial charge < -0.3 is 20.1 Å². The fraction of sp³-hybridized carbons (Fsp3) is 0.154. The molecule has 4 aromatic rings. The number of carbonyl (C=O) groups is 2. The van der Waals surface area contributed by atoms with Gasteiger partial charge in [-0.05, 0) is 48.9 Å². The van der Waals surface area contributed by atoms with Gasteiger partial charge in [-0.3, -0.25) is 9.59 Å². The molecule has 0 spiro atoms. The molecular weight excluding hydrogens is 464 g/mol. The van der Waals surface area contributed by atoms with Gasteiger partial charge in [0.1, 0.15) is 18.1 Å². The topological polar surface area (TPSA) is 102 Å². The molecule has 0 saturated carbocycles. The van der Waals surface area contributed by atoms with Crippen LogP contribution in [0.5, 0.6) is 11.5 Å². The Bertz CT molecular complexity index is 1340. The summed E-state index contributed by atoms with van der Waals surface area (Å²) in [4.78, 5) is 25.3. The van der Waals surface area contributed by atoms with Crippen LogP contribution in [0.2, 0.25) is 0 Å². The smallest absolute Gasteiger partial charge is 0.286 e. The Morgan fingerprint density at radius 1 is 0.943 bits per heavy atom. The molecule has 0 atom stereocenters. The molecule has 9 heteroatoms. The lowest BCUT2D eigenvalue weighted by Gasteiger charge is -2.10. The van der Waals surface area contributed by atoms with Crippen molar-refractivity contribution in [2.75, 3.05) is 12.4 Å². The normalized spacial score (nSPS) is 10.5. The van der Waals surface area contributed by atoms with Gasteiger partial charge in [0.05, 0.1) is 7.11 Å². The number of rotatable bonds is 9. The Morgan fingerprint density at radius 3 is 2.60 bits per heavy atom. The average molecular weight is 489 g/mol. The number of hydrogen-bond acceptors (Lipinski definition) is 7. The number of para-hydroxylation sites is 1. The molecule has 8 nitrogen and oxygen atoms in total. The minimum Gasteiger partial charge on any atom is -0.496 e. The van der Waals surface area contributed by atoms with E-state index in [-0.39, 0.29) is 17.5 Å². The Kier molecular flexibility index (Phi) is 7.69. The van der Waals surface area contributed by atoms with Crippen LogP contribution in [0.3, 0.4) is 0 Å². The zero-order chi connectivity index (χ0) is 24.6. The molecule has 2 amide bonds. The third-order valence-corrected chi connectivity index (χ3v) is 5.92. The van der Waals surface area contributed by atoms with E-state index >= 15 is 0 Å². The van der Waals surface area contributed by atoms with Crippen molar-refractivity contribution in [3.63, 3.8) is 0 Å². The molecule has 0 bridgehead atoms. The summed E-state index contributed by atoms with van der Waals surface area (Å²) in [6.07, 6.45) is 0. The number of methoxy groups -OCH3 is 1. The monoisotopic (exact) mass is 488 g/mol. The molecule has 1 aromatic heterocycles. The van der Waals surface area contributed by atoms with E-state index in [1.54, 1.807) is 31.4 Å². The lowest BCUT2D eigenvalue weighted by molar-refractivity contribution is 0.0949. The number of benzene rings is 3. The second-order valence-corrected chi connectivity index (χ2v) is 8.70. The molecule has 4 rings (SSSR count).